The van der Waals surface area contributed by atoms with Crippen LogP contribution in [0.4, 0.5) is 5.69 Å². The quantitative estimate of drug-likeness (QED) is 0.329. The van der Waals surface area contributed by atoms with Gasteiger partial charge in [0.1, 0.15) is 11.7 Å². The maximum Gasteiger partial charge on any atom is 0.320 e. The van der Waals surface area contributed by atoms with Crippen LogP contribution in [0.2, 0.25) is 0 Å². The van der Waals surface area contributed by atoms with Crippen LogP contribution in [0.3, 0.4) is 0 Å². The molecule has 0 aromatic heterocycles. The number of carbonyl (C=O) groups is 1. The van der Waals surface area contributed by atoms with E-state index in [0.717, 1.165) is 12.8 Å². The zero-order valence-electron chi connectivity index (χ0n) is 11.1. The lowest BCUT2D eigenvalue weighted by atomic mass is 10.1. The average molecular weight is 284 g/mol. The number of benzene rings is 1. The maximum atomic E-state index is 10.1. The predicted octanol–water partition coefficient (Wildman–Crippen LogP) is 0.818. The number of nitrogens with one attached hydrogen (secondary N) is 1. The number of rotatable bonds is 7. The minimum atomic E-state index is -0.933. The van der Waals surface area contributed by atoms with Crippen LogP contribution < -0.4 is 16.9 Å². The summed E-state index contributed by atoms with van der Waals surface area (Å²) in [5.41, 5.74) is 12.9. The Hall–Kier alpha value is -2.19. The highest BCUT2D eigenvalue weighted by atomic mass is 16.7. The third-order valence-electron chi connectivity index (χ3n) is 2.28. The number of hydrazine groups is 1. The van der Waals surface area contributed by atoms with Gasteiger partial charge >= 0.3 is 5.97 Å². The van der Waals surface area contributed by atoms with Crippen LogP contribution in [0.25, 0.3) is 0 Å². The smallest absolute Gasteiger partial charge is 0.320 e. The summed E-state index contributed by atoms with van der Waals surface area (Å²) in [5, 5.41) is 17.6. The van der Waals surface area contributed by atoms with Crippen molar-refractivity contribution in [3.05, 3.63) is 40.4 Å². The van der Waals surface area contributed by atoms with Crippen molar-refractivity contribution in [2.24, 2.45) is 11.5 Å². The van der Waals surface area contributed by atoms with Gasteiger partial charge in [-0.3, -0.25) is 4.79 Å². The molecule has 0 aliphatic heterocycles. The highest BCUT2D eigenvalue weighted by Crippen LogP contribution is 2.03. The summed E-state index contributed by atoms with van der Waals surface area (Å²) in [6.07, 6.45) is 2.16. The molecule has 0 saturated carbocycles. The Morgan fingerprint density at radius 1 is 1.35 bits per heavy atom. The van der Waals surface area contributed by atoms with Crippen LogP contribution in [0, 0.1) is 10.1 Å². The number of nitrogens with zero attached hydrogens (tertiary/aromatic N) is 1. The fourth-order valence-corrected chi connectivity index (χ4v) is 1.25. The number of carboxylic acids is 1. The normalized spacial score (nSPS) is 10.9. The Balaban J connectivity index is 0.000000361. The second-order valence-corrected chi connectivity index (χ2v) is 3.96. The van der Waals surface area contributed by atoms with E-state index in [2.05, 4.69) is 0 Å². The number of anilines is 1. The summed E-state index contributed by atoms with van der Waals surface area (Å²) in [6, 6.07) is 7.79. The second-order valence-electron chi connectivity index (χ2n) is 3.96. The molecular formula is C12H20N4O4. The van der Waals surface area contributed by atoms with Crippen molar-refractivity contribution in [2.45, 2.75) is 25.3 Å². The zero-order chi connectivity index (χ0) is 15.4. The van der Waals surface area contributed by atoms with E-state index in [4.69, 9.17) is 16.6 Å². The molecule has 8 nitrogen and oxygen atoms in total. The molecule has 0 heterocycles. The maximum absolute atomic E-state index is 10.1. The zero-order valence-corrected chi connectivity index (χ0v) is 11.1. The largest absolute Gasteiger partial charge is 0.480 e. The van der Waals surface area contributed by atoms with Crippen molar-refractivity contribution in [3.63, 3.8) is 0 Å². The topological polar surface area (TPSA) is 145 Å². The van der Waals surface area contributed by atoms with Gasteiger partial charge in [0, 0.05) is 0 Å². The second kappa shape index (κ2) is 10.7. The number of nitrogens with two attached hydrogens (primary N) is 2. The first-order valence-electron chi connectivity index (χ1n) is 6.12. The summed E-state index contributed by atoms with van der Waals surface area (Å²) in [4.78, 5) is 20.0. The molecule has 20 heavy (non-hydrogen) atoms. The molecule has 0 unspecified atom stereocenters. The summed E-state index contributed by atoms with van der Waals surface area (Å²) >= 11 is 0. The molecule has 1 rings (SSSR count). The van der Waals surface area contributed by atoms with Gasteiger partial charge in [0.05, 0.1) is 0 Å². The molecule has 6 N–H and O–H groups in total. The molecule has 0 aliphatic rings. The van der Waals surface area contributed by atoms with Crippen molar-refractivity contribution >= 4 is 11.7 Å². The molecule has 112 valence electrons. The summed E-state index contributed by atoms with van der Waals surface area (Å²) in [6.45, 7) is 0.604. The highest BCUT2D eigenvalue weighted by molar-refractivity contribution is 5.72. The standard InChI is InChI=1S/C6H6N2O2.C6H14N2O2/c9-8(10)7-6-4-2-1-3-5-6;7-4-2-1-3-5(8)6(9)10/h1-5,7H;5H,1-4,7-8H2,(H,9,10)/t;5-/m.0/s1. The number of nitro groups is 1. The molecule has 0 fully saturated rings. The first-order valence-corrected chi connectivity index (χ1v) is 6.12. The van der Waals surface area contributed by atoms with Crippen LogP contribution in [-0.4, -0.2) is 28.7 Å². The van der Waals surface area contributed by atoms with Crippen LogP contribution in [0.1, 0.15) is 19.3 Å². The van der Waals surface area contributed by atoms with Gasteiger partial charge < -0.3 is 16.6 Å². The van der Waals surface area contributed by atoms with Gasteiger partial charge in [-0.15, -0.1) is 5.43 Å². The molecule has 0 bridgehead atoms. The monoisotopic (exact) mass is 284 g/mol. The first kappa shape index (κ1) is 17.8. The van der Waals surface area contributed by atoms with Crippen LogP contribution in [0.15, 0.2) is 30.3 Å². The summed E-state index contributed by atoms with van der Waals surface area (Å²) in [7, 11) is 0. The van der Waals surface area contributed by atoms with Gasteiger partial charge in [-0.25, -0.2) is 10.1 Å². The Morgan fingerprint density at radius 2 is 1.95 bits per heavy atom. The molecule has 0 spiro atoms. The molecule has 8 heteroatoms. The molecule has 0 saturated heterocycles. The summed E-state index contributed by atoms with van der Waals surface area (Å²) < 4.78 is 0. The molecule has 0 radical (unpaired) electrons. The van der Waals surface area contributed by atoms with Gasteiger partial charge in [-0.2, -0.15) is 0 Å². The number of unbranched alkanes of at least 4 members (excludes halogenated alkanes) is 1. The van der Waals surface area contributed by atoms with E-state index in [9.17, 15) is 14.9 Å². The van der Waals surface area contributed by atoms with E-state index in [1.54, 1.807) is 30.3 Å². The summed E-state index contributed by atoms with van der Waals surface area (Å²) in [5.74, 6) is -0.933. The van der Waals surface area contributed by atoms with Crippen molar-refractivity contribution < 1.29 is 14.9 Å². The molecule has 1 aromatic rings. The Labute approximate surface area is 116 Å². The number of para-hydroxylation sites is 1. The molecule has 0 amide bonds. The number of hydrogen-bond donors (Lipinski definition) is 4. The minimum absolute atomic E-state index is 0.493. The lowest BCUT2D eigenvalue weighted by Gasteiger charge is -2.03. The van der Waals surface area contributed by atoms with Crippen LogP contribution in [-0.2, 0) is 4.79 Å². The third kappa shape index (κ3) is 9.80. The van der Waals surface area contributed by atoms with Crippen molar-refractivity contribution in [1.29, 1.82) is 0 Å². The van der Waals surface area contributed by atoms with E-state index >= 15 is 0 Å². The average Bonchev–Trinajstić information content (AvgIpc) is 2.40. The SMILES string of the molecule is NCCCC[C@H](N)C(=O)O.O=[N+]([O-])Nc1ccccc1. The highest BCUT2D eigenvalue weighted by Gasteiger charge is 2.09. The van der Waals surface area contributed by atoms with E-state index < -0.39 is 17.0 Å². The fourth-order valence-electron chi connectivity index (χ4n) is 1.25. The van der Waals surface area contributed by atoms with Crippen molar-refractivity contribution in [1.82, 2.24) is 0 Å². The van der Waals surface area contributed by atoms with E-state index in [1.165, 1.54) is 0 Å². The number of hydrogen-bond acceptors (Lipinski definition) is 5. The molecule has 1 aromatic carbocycles. The van der Waals surface area contributed by atoms with E-state index in [-0.39, 0.29) is 0 Å². The molecular weight excluding hydrogens is 264 g/mol. The number of carboxylic acid groups (broad SMARTS) is 1. The van der Waals surface area contributed by atoms with Gasteiger partial charge in [-0.1, -0.05) is 24.6 Å². The predicted molar refractivity (Wildman–Crippen MR) is 75.6 cm³/mol. The van der Waals surface area contributed by atoms with Gasteiger partial charge in [0.25, 0.3) is 0 Å². The first-order chi connectivity index (χ1) is 9.47. The lowest BCUT2D eigenvalue weighted by molar-refractivity contribution is -0.445. The Morgan fingerprint density at radius 3 is 2.40 bits per heavy atom. The van der Waals surface area contributed by atoms with Crippen molar-refractivity contribution in [2.75, 3.05) is 12.0 Å². The lowest BCUT2D eigenvalue weighted by Crippen LogP contribution is -2.29. The van der Waals surface area contributed by atoms with Gasteiger partial charge in [-0.05, 0) is 31.5 Å². The van der Waals surface area contributed by atoms with Gasteiger partial charge in [0.15, 0.2) is 5.03 Å². The van der Waals surface area contributed by atoms with Crippen LogP contribution >= 0.6 is 0 Å². The van der Waals surface area contributed by atoms with Crippen LogP contribution in [0.5, 0.6) is 0 Å². The number of aliphatic carboxylic acids is 1. The Bertz CT molecular complexity index is 400. The minimum Gasteiger partial charge on any atom is -0.480 e. The Kier molecular flexibility index (Phi) is 9.53. The third-order valence-corrected chi connectivity index (χ3v) is 2.28. The molecule has 0 aliphatic carbocycles. The van der Waals surface area contributed by atoms with Gasteiger partial charge in [0.2, 0.25) is 0 Å². The molecule has 1 atom stereocenters. The fraction of sp³-hybridized carbons (Fsp3) is 0.417. The van der Waals surface area contributed by atoms with Crippen molar-refractivity contribution in [3.8, 4) is 0 Å². The van der Waals surface area contributed by atoms with E-state index in [0.29, 0.717) is 18.7 Å². The van der Waals surface area contributed by atoms with E-state index in [1.807, 2.05) is 5.43 Å².